The third-order valence-electron chi connectivity index (χ3n) is 5.91. The van der Waals surface area contributed by atoms with Crippen molar-refractivity contribution < 1.29 is 9.21 Å². The number of anilines is 2. The van der Waals surface area contributed by atoms with Crippen LogP contribution < -0.4 is 16.0 Å². The molecule has 164 valence electrons. The lowest BCUT2D eigenvalue weighted by Gasteiger charge is -2.46. The van der Waals surface area contributed by atoms with Crippen molar-refractivity contribution in [2.45, 2.75) is 31.5 Å². The molecule has 1 atom stereocenters. The monoisotopic (exact) mass is 430 g/mol. The Morgan fingerprint density at radius 3 is 2.94 bits per heavy atom. The molecular weight excluding hydrogens is 404 g/mol. The molecule has 3 N–H and O–H groups in total. The summed E-state index contributed by atoms with van der Waals surface area (Å²) in [4.78, 5) is 24.2. The molecule has 0 radical (unpaired) electrons. The van der Waals surface area contributed by atoms with Gasteiger partial charge in [0.25, 0.3) is 0 Å². The molecule has 1 spiro atoms. The maximum atomic E-state index is 12.9. The summed E-state index contributed by atoms with van der Waals surface area (Å²) in [6, 6.07) is 17.6. The van der Waals surface area contributed by atoms with Gasteiger partial charge in [-0.15, -0.1) is 0 Å². The minimum atomic E-state index is -0.495. The van der Waals surface area contributed by atoms with Gasteiger partial charge >= 0.3 is 6.03 Å². The number of amides is 2. The van der Waals surface area contributed by atoms with Gasteiger partial charge in [-0.25, -0.2) is 9.78 Å². The fraction of sp³-hybridized carbons (Fsp3) is 0.292. The molecule has 8 heteroatoms. The Kier molecular flexibility index (Phi) is 5.49. The molecular formula is C24H26N6O2. The summed E-state index contributed by atoms with van der Waals surface area (Å²) in [5.74, 6) is 2.30. The number of furan rings is 1. The zero-order valence-electron chi connectivity index (χ0n) is 17.8. The number of urea groups is 1. The largest absolute Gasteiger partial charge is 0.467 e. The summed E-state index contributed by atoms with van der Waals surface area (Å²) >= 11 is 0. The van der Waals surface area contributed by atoms with Crippen LogP contribution in [0.5, 0.6) is 0 Å². The van der Waals surface area contributed by atoms with Crippen LogP contribution in [0.15, 0.2) is 76.5 Å². The number of hydrogen-bond acceptors (Lipinski definition) is 5. The van der Waals surface area contributed by atoms with E-state index in [4.69, 9.17) is 9.41 Å². The third kappa shape index (κ3) is 4.16. The van der Waals surface area contributed by atoms with Gasteiger partial charge in [0.05, 0.1) is 31.6 Å². The van der Waals surface area contributed by atoms with E-state index < -0.39 is 5.54 Å². The predicted octanol–water partition coefficient (Wildman–Crippen LogP) is 3.86. The van der Waals surface area contributed by atoms with E-state index in [-0.39, 0.29) is 6.03 Å². The second-order valence-corrected chi connectivity index (χ2v) is 8.15. The van der Waals surface area contributed by atoms with Gasteiger partial charge in [-0.3, -0.25) is 4.99 Å². The van der Waals surface area contributed by atoms with Gasteiger partial charge in [0.15, 0.2) is 5.82 Å². The molecule has 2 aliphatic heterocycles. The van der Waals surface area contributed by atoms with Crippen LogP contribution in [-0.4, -0.2) is 40.4 Å². The highest BCUT2D eigenvalue weighted by Crippen LogP contribution is 2.35. The summed E-state index contributed by atoms with van der Waals surface area (Å²) in [5, 5.41) is 10.1. The Balaban J connectivity index is 1.38. The van der Waals surface area contributed by atoms with Crippen LogP contribution in [0.2, 0.25) is 0 Å². The first kappa shape index (κ1) is 20.1. The van der Waals surface area contributed by atoms with Gasteiger partial charge in [-0.1, -0.05) is 30.3 Å². The quantitative estimate of drug-likeness (QED) is 0.584. The molecule has 2 aliphatic rings. The van der Waals surface area contributed by atoms with Crippen LogP contribution in [0.1, 0.15) is 24.2 Å². The van der Waals surface area contributed by atoms with Crippen molar-refractivity contribution in [3.05, 3.63) is 78.4 Å². The maximum absolute atomic E-state index is 12.9. The Hall–Kier alpha value is -3.81. The van der Waals surface area contributed by atoms with Gasteiger partial charge in [-0.05, 0) is 42.7 Å². The summed E-state index contributed by atoms with van der Waals surface area (Å²) in [6.07, 6.45) is 5.10. The fourth-order valence-corrected chi connectivity index (χ4v) is 4.31. The highest BCUT2D eigenvalue weighted by atomic mass is 16.3. The predicted molar refractivity (Wildman–Crippen MR) is 124 cm³/mol. The second-order valence-electron chi connectivity index (χ2n) is 8.15. The molecule has 8 nitrogen and oxygen atoms in total. The molecule has 5 rings (SSSR count). The van der Waals surface area contributed by atoms with E-state index in [9.17, 15) is 4.79 Å². The van der Waals surface area contributed by atoms with Gasteiger partial charge < -0.3 is 25.3 Å². The minimum absolute atomic E-state index is 0.110. The first-order valence-corrected chi connectivity index (χ1v) is 10.9. The number of aliphatic imine (C=N–C) groups is 1. The minimum Gasteiger partial charge on any atom is -0.467 e. The van der Waals surface area contributed by atoms with Gasteiger partial charge in [0.2, 0.25) is 0 Å². The van der Waals surface area contributed by atoms with Crippen LogP contribution in [0, 0.1) is 0 Å². The number of benzene rings is 1. The first-order valence-electron chi connectivity index (χ1n) is 10.9. The maximum Gasteiger partial charge on any atom is 0.317 e. The molecule has 2 amide bonds. The number of amidine groups is 1. The van der Waals surface area contributed by atoms with Crippen molar-refractivity contribution in [2.75, 3.05) is 23.7 Å². The van der Waals surface area contributed by atoms with Crippen molar-refractivity contribution in [3.8, 4) is 0 Å². The average Bonchev–Trinajstić information content (AvgIpc) is 3.36. The molecule has 4 heterocycles. The lowest BCUT2D eigenvalue weighted by molar-refractivity contribution is 0.173. The topological polar surface area (TPSA) is 94.8 Å². The van der Waals surface area contributed by atoms with Crippen LogP contribution in [0.3, 0.4) is 0 Å². The fourth-order valence-electron chi connectivity index (χ4n) is 4.31. The molecule has 0 saturated carbocycles. The smallest absolute Gasteiger partial charge is 0.317 e. The number of pyridine rings is 1. The Morgan fingerprint density at radius 1 is 1.19 bits per heavy atom. The summed E-state index contributed by atoms with van der Waals surface area (Å²) in [7, 11) is 0. The van der Waals surface area contributed by atoms with E-state index in [1.165, 1.54) is 0 Å². The molecule has 3 aromatic rings. The number of rotatable bonds is 4. The summed E-state index contributed by atoms with van der Waals surface area (Å²) in [6.45, 7) is 2.12. The van der Waals surface area contributed by atoms with E-state index in [1.54, 1.807) is 12.5 Å². The van der Waals surface area contributed by atoms with E-state index >= 15 is 0 Å². The van der Waals surface area contributed by atoms with Crippen molar-refractivity contribution in [1.29, 1.82) is 0 Å². The molecule has 0 bridgehead atoms. The van der Waals surface area contributed by atoms with Gasteiger partial charge in [-0.2, -0.15) is 0 Å². The Labute approximate surface area is 186 Å². The number of nitrogens with zero attached hydrogens (tertiary/aromatic N) is 3. The number of nitrogens with one attached hydrogen (secondary N) is 3. The van der Waals surface area contributed by atoms with Crippen molar-refractivity contribution in [2.24, 2.45) is 4.99 Å². The average molecular weight is 431 g/mol. The van der Waals surface area contributed by atoms with E-state index in [1.807, 2.05) is 47.4 Å². The molecule has 0 aliphatic carbocycles. The number of carbonyl (C=O) groups excluding carboxylic acids is 1. The number of hydrogen-bond donors (Lipinski definition) is 3. The van der Waals surface area contributed by atoms with E-state index in [2.05, 4.69) is 33.1 Å². The Morgan fingerprint density at radius 2 is 2.09 bits per heavy atom. The Bertz CT molecular complexity index is 1100. The second kappa shape index (κ2) is 8.74. The van der Waals surface area contributed by atoms with Crippen molar-refractivity contribution in [1.82, 2.24) is 15.2 Å². The number of fused-ring (bicyclic) bond motifs is 1. The molecule has 0 unspecified atom stereocenters. The number of carbonyl (C=O) groups is 1. The third-order valence-corrected chi connectivity index (χ3v) is 5.91. The van der Waals surface area contributed by atoms with E-state index in [0.717, 1.165) is 41.5 Å². The van der Waals surface area contributed by atoms with Crippen LogP contribution in [-0.2, 0) is 13.1 Å². The zero-order valence-corrected chi connectivity index (χ0v) is 17.8. The summed E-state index contributed by atoms with van der Waals surface area (Å²) in [5.41, 5.74) is 1.56. The molecule has 1 saturated heterocycles. The molecule has 1 fully saturated rings. The normalized spacial score (nSPS) is 21.0. The number of aromatic nitrogens is 1. The van der Waals surface area contributed by atoms with Crippen LogP contribution in [0.4, 0.5) is 16.3 Å². The zero-order chi connectivity index (χ0) is 21.8. The van der Waals surface area contributed by atoms with Gasteiger partial charge in [0, 0.05) is 12.7 Å². The summed E-state index contributed by atoms with van der Waals surface area (Å²) < 4.78 is 5.33. The SMILES string of the molecule is O=C(NCc1ccco1)N1CCC[C@@]2(C1)Nc1cccnc1NC2=NCc1ccccc1. The molecule has 32 heavy (non-hydrogen) atoms. The molecule has 2 aromatic heterocycles. The molecule has 1 aromatic carbocycles. The lowest BCUT2D eigenvalue weighted by atomic mass is 9.85. The van der Waals surface area contributed by atoms with Crippen molar-refractivity contribution >= 4 is 23.4 Å². The standard InChI is InChI=1S/C24H26N6O2/c31-23(27-16-19-9-5-14-32-19)30-13-6-11-24(17-30)22(26-15-18-7-2-1-3-8-18)28-21-20(29-24)10-4-12-25-21/h1-5,7-10,12,14,29H,6,11,13,15-17H2,(H,27,31)(H,25,26,28)/t24-/m0/s1. The lowest BCUT2D eigenvalue weighted by Crippen LogP contribution is -2.63. The van der Waals surface area contributed by atoms with Crippen LogP contribution in [0.25, 0.3) is 0 Å². The van der Waals surface area contributed by atoms with Crippen molar-refractivity contribution in [3.63, 3.8) is 0 Å². The highest BCUT2D eigenvalue weighted by Gasteiger charge is 2.44. The van der Waals surface area contributed by atoms with E-state index in [0.29, 0.717) is 26.2 Å². The van der Waals surface area contributed by atoms with Crippen LogP contribution >= 0.6 is 0 Å². The van der Waals surface area contributed by atoms with Gasteiger partial charge in [0.1, 0.15) is 17.1 Å². The number of piperidine rings is 1. The number of likely N-dealkylation sites (tertiary alicyclic amines) is 1. The first-order chi connectivity index (χ1) is 15.7. The highest BCUT2D eigenvalue weighted by molar-refractivity contribution is 6.09.